The van der Waals surface area contributed by atoms with E-state index in [2.05, 4.69) is 17.4 Å². The largest absolute Gasteiger partial charge is 0.368 e. The van der Waals surface area contributed by atoms with Crippen LogP contribution in [0.25, 0.3) is 0 Å². The van der Waals surface area contributed by atoms with Gasteiger partial charge in [0.2, 0.25) is 11.8 Å². The van der Waals surface area contributed by atoms with Gasteiger partial charge in [0.05, 0.1) is 0 Å². The highest BCUT2D eigenvalue weighted by Gasteiger charge is 2.29. The molecule has 1 aliphatic rings. The van der Waals surface area contributed by atoms with Gasteiger partial charge < -0.3 is 16.0 Å². The Morgan fingerprint density at radius 3 is 2.75 bits per heavy atom. The Hall–Kier alpha value is -1.88. The molecular formula is C15H21N3O2. The number of nitrogens with two attached hydrogens (primary N) is 1. The van der Waals surface area contributed by atoms with Gasteiger partial charge in [-0.15, -0.1) is 0 Å². The summed E-state index contributed by atoms with van der Waals surface area (Å²) < 4.78 is 0. The zero-order valence-electron chi connectivity index (χ0n) is 11.5. The second-order valence-electron chi connectivity index (χ2n) is 5.05. The van der Waals surface area contributed by atoms with Crippen LogP contribution >= 0.6 is 0 Å². The van der Waals surface area contributed by atoms with Crippen molar-refractivity contribution in [2.24, 2.45) is 5.73 Å². The average Bonchev–Trinajstić information content (AvgIpc) is 2.48. The van der Waals surface area contributed by atoms with Crippen molar-refractivity contribution in [2.45, 2.75) is 25.3 Å². The van der Waals surface area contributed by atoms with Crippen LogP contribution < -0.4 is 11.1 Å². The number of amides is 2. The SMILES string of the molecule is NC(=O)C1CNCCN1C(=O)CCCc1ccccc1. The predicted molar refractivity (Wildman–Crippen MR) is 76.9 cm³/mol. The number of nitrogens with zero attached hydrogens (tertiary/aromatic N) is 1. The Labute approximate surface area is 119 Å². The van der Waals surface area contributed by atoms with Crippen molar-refractivity contribution in [1.29, 1.82) is 0 Å². The number of carbonyl (C=O) groups excluding carboxylic acids is 2. The Morgan fingerprint density at radius 1 is 1.30 bits per heavy atom. The fourth-order valence-corrected chi connectivity index (χ4v) is 2.49. The molecule has 5 heteroatoms. The molecule has 1 unspecified atom stereocenters. The number of aryl methyl sites for hydroxylation is 1. The number of benzene rings is 1. The number of carbonyl (C=O) groups is 2. The third kappa shape index (κ3) is 3.81. The molecule has 20 heavy (non-hydrogen) atoms. The van der Waals surface area contributed by atoms with Crippen LogP contribution in [0.3, 0.4) is 0 Å². The molecule has 0 aromatic heterocycles. The van der Waals surface area contributed by atoms with E-state index >= 15 is 0 Å². The summed E-state index contributed by atoms with van der Waals surface area (Å²) in [5.74, 6) is -0.417. The first kappa shape index (κ1) is 14.5. The summed E-state index contributed by atoms with van der Waals surface area (Å²) in [5, 5.41) is 3.09. The lowest BCUT2D eigenvalue weighted by Crippen LogP contribution is -2.58. The fourth-order valence-electron chi connectivity index (χ4n) is 2.49. The number of primary amides is 1. The van der Waals surface area contributed by atoms with E-state index < -0.39 is 11.9 Å². The minimum atomic E-state index is -0.507. The maximum atomic E-state index is 12.2. The summed E-state index contributed by atoms with van der Waals surface area (Å²) in [5.41, 5.74) is 6.57. The van der Waals surface area contributed by atoms with Crippen LogP contribution in [0.5, 0.6) is 0 Å². The smallest absolute Gasteiger partial charge is 0.241 e. The number of hydrogen-bond acceptors (Lipinski definition) is 3. The molecule has 1 atom stereocenters. The van der Waals surface area contributed by atoms with E-state index in [1.165, 1.54) is 5.56 Å². The van der Waals surface area contributed by atoms with Crippen LogP contribution in [0.4, 0.5) is 0 Å². The summed E-state index contributed by atoms with van der Waals surface area (Å²) in [4.78, 5) is 25.2. The lowest BCUT2D eigenvalue weighted by molar-refractivity contribution is -0.140. The Kier molecular flexibility index (Phi) is 5.12. The molecule has 1 aromatic carbocycles. The minimum Gasteiger partial charge on any atom is -0.368 e. The zero-order chi connectivity index (χ0) is 14.4. The van der Waals surface area contributed by atoms with Gasteiger partial charge in [-0.3, -0.25) is 9.59 Å². The zero-order valence-corrected chi connectivity index (χ0v) is 11.5. The van der Waals surface area contributed by atoms with Gasteiger partial charge in [0, 0.05) is 26.1 Å². The highest BCUT2D eigenvalue weighted by molar-refractivity contribution is 5.87. The predicted octanol–water partition coefficient (Wildman–Crippen LogP) is 0.295. The van der Waals surface area contributed by atoms with E-state index in [9.17, 15) is 9.59 Å². The third-order valence-corrected chi connectivity index (χ3v) is 3.59. The molecule has 2 rings (SSSR count). The van der Waals surface area contributed by atoms with E-state index in [1.807, 2.05) is 18.2 Å². The molecule has 0 saturated carbocycles. The van der Waals surface area contributed by atoms with Gasteiger partial charge in [-0.1, -0.05) is 30.3 Å². The molecule has 108 valence electrons. The Morgan fingerprint density at radius 2 is 2.05 bits per heavy atom. The van der Waals surface area contributed by atoms with E-state index in [-0.39, 0.29) is 5.91 Å². The molecule has 0 aliphatic carbocycles. The van der Waals surface area contributed by atoms with Gasteiger partial charge in [0.15, 0.2) is 0 Å². The van der Waals surface area contributed by atoms with Crippen molar-refractivity contribution in [3.05, 3.63) is 35.9 Å². The highest BCUT2D eigenvalue weighted by atomic mass is 16.2. The summed E-state index contributed by atoms with van der Waals surface area (Å²) in [7, 11) is 0. The summed E-state index contributed by atoms with van der Waals surface area (Å²) in [6, 6.07) is 9.58. The van der Waals surface area contributed by atoms with E-state index in [1.54, 1.807) is 4.90 Å². The first-order valence-corrected chi connectivity index (χ1v) is 7.02. The number of hydrogen-bond donors (Lipinski definition) is 2. The first-order valence-electron chi connectivity index (χ1n) is 7.02. The van der Waals surface area contributed by atoms with Crippen molar-refractivity contribution in [2.75, 3.05) is 19.6 Å². The van der Waals surface area contributed by atoms with Crippen LogP contribution in [-0.4, -0.2) is 42.4 Å². The topological polar surface area (TPSA) is 75.4 Å². The van der Waals surface area contributed by atoms with E-state index in [0.29, 0.717) is 26.1 Å². The van der Waals surface area contributed by atoms with Gasteiger partial charge >= 0.3 is 0 Å². The van der Waals surface area contributed by atoms with Crippen molar-refractivity contribution in [3.63, 3.8) is 0 Å². The monoisotopic (exact) mass is 275 g/mol. The van der Waals surface area contributed by atoms with Crippen molar-refractivity contribution < 1.29 is 9.59 Å². The average molecular weight is 275 g/mol. The maximum absolute atomic E-state index is 12.2. The first-order chi connectivity index (χ1) is 9.68. The molecule has 1 aliphatic heterocycles. The molecule has 1 aromatic rings. The minimum absolute atomic E-state index is 0.0197. The third-order valence-electron chi connectivity index (χ3n) is 3.59. The normalized spacial score (nSPS) is 18.8. The molecule has 3 N–H and O–H groups in total. The highest BCUT2D eigenvalue weighted by Crippen LogP contribution is 2.10. The quantitative estimate of drug-likeness (QED) is 0.811. The molecule has 1 saturated heterocycles. The summed E-state index contributed by atoms with van der Waals surface area (Å²) >= 11 is 0. The van der Waals surface area contributed by atoms with Gasteiger partial charge in [-0.25, -0.2) is 0 Å². The maximum Gasteiger partial charge on any atom is 0.241 e. The van der Waals surface area contributed by atoms with Crippen LogP contribution in [-0.2, 0) is 16.0 Å². The van der Waals surface area contributed by atoms with Crippen LogP contribution in [0.2, 0.25) is 0 Å². The molecule has 2 amide bonds. The van der Waals surface area contributed by atoms with Gasteiger partial charge in [-0.2, -0.15) is 0 Å². The van der Waals surface area contributed by atoms with Crippen molar-refractivity contribution in [1.82, 2.24) is 10.2 Å². The molecular weight excluding hydrogens is 254 g/mol. The van der Waals surface area contributed by atoms with Crippen LogP contribution in [0, 0.1) is 0 Å². The summed E-state index contributed by atoms with van der Waals surface area (Å²) in [6.07, 6.45) is 2.12. The van der Waals surface area contributed by atoms with E-state index in [0.717, 1.165) is 12.8 Å². The van der Waals surface area contributed by atoms with E-state index in [4.69, 9.17) is 5.73 Å². The molecule has 0 spiro atoms. The van der Waals surface area contributed by atoms with Gasteiger partial charge in [0.25, 0.3) is 0 Å². The molecule has 1 heterocycles. The van der Waals surface area contributed by atoms with Crippen LogP contribution in [0.1, 0.15) is 18.4 Å². The second kappa shape index (κ2) is 7.05. The lowest BCUT2D eigenvalue weighted by Gasteiger charge is -2.34. The summed E-state index contributed by atoms with van der Waals surface area (Å²) in [6.45, 7) is 1.73. The number of rotatable bonds is 5. The number of piperazine rings is 1. The van der Waals surface area contributed by atoms with Crippen molar-refractivity contribution in [3.8, 4) is 0 Å². The van der Waals surface area contributed by atoms with Crippen molar-refractivity contribution >= 4 is 11.8 Å². The lowest BCUT2D eigenvalue weighted by atomic mass is 10.1. The Bertz CT molecular complexity index is 461. The van der Waals surface area contributed by atoms with Gasteiger partial charge in [0.1, 0.15) is 6.04 Å². The number of nitrogens with one attached hydrogen (secondary N) is 1. The second-order valence-corrected chi connectivity index (χ2v) is 5.05. The molecule has 1 fully saturated rings. The molecule has 5 nitrogen and oxygen atoms in total. The Balaban J connectivity index is 1.83. The van der Waals surface area contributed by atoms with Gasteiger partial charge in [-0.05, 0) is 18.4 Å². The fraction of sp³-hybridized carbons (Fsp3) is 0.467. The van der Waals surface area contributed by atoms with Crippen LogP contribution in [0.15, 0.2) is 30.3 Å². The standard InChI is InChI=1S/C15H21N3O2/c16-15(20)13-11-17-9-10-18(13)14(19)8-4-7-12-5-2-1-3-6-12/h1-3,5-6,13,17H,4,7-11H2,(H2,16,20). The molecule has 0 radical (unpaired) electrons. The molecule has 0 bridgehead atoms.